The summed E-state index contributed by atoms with van der Waals surface area (Å²) in [6, 6.07) is 3.14. The zero-order valence-electron chi connectivity index (χ0n) is 6.95. The molecule has 1 aromatic rings. The van der Waals surface area contributed by atoms with Crippen LogP contribution in [0.3, 0.4) is 0 Å². The van der Waals surface area contributed by atoms with E-state index in [1.807, 2.05) is 0 Å². The Morgan fingerprint density at radius 2 is 1.69 bits per heavy atom. The molecule has 0 amide bonds. The summed E-state index contributed by atoms with van der Waals surface area (Å²) in [5.74, 6) is -0.248. The molecule has 0 radical (unpaired) electrons. The van der Waals surface area contributed by atoms with Crippen LogP contribution in [-0.4, -0.2) is 6.67 Å². The number of benzene rings is 1. The number of rotatable bonds is 2. The molecule has 0 nitrogen and oxygen atoms in total. The van der Waals surface area contributed by atoms with Gasteiger partial charge in [0.05, 0.1) is 16.7 Å². The largest absolute Gasteiger partial charge is 0.250 e. The van der Waals surface area contributed by atoms with Crippen LogP contribution in [0.25, 0.3) is 0 Å². The second kappa shape index (κ2) is 4.50. The van der Waals surface area contributed by atoms with Crippen LogP contribution in [0.1, 0.15) is 18.4 Å². The first kappa shape index (κ1) is 11.1. The highest BCUT2D eigenvalue weighted by Gasteiger charge is 2.11. The van der Waals surface area contributed by atoms with E-state index in [4.69, 9.17) is 34.8 Å². The molecule has 1 atom stereocenters. The van der Waals surface area contributed by atoms with Crippen molar-refractivity contribution < 1.29 is 4.39 Å². The van der Waals surface area contributed by atoms with Crippen molar-refractivity contribution in [3.05, 3.63) is 32.8 Å². The summed E-state index contributed by atoms with van der Waals surface area (Å²) >= 11 is 17.4. The Morgan fingerprint density at radius 3 is 2.23 bits per heavy atom. The average molecular weight is 242 g/mol. The summed E-state index contributed by atoms with van der Waals surface area (Å²) in [7, 11) is 0. The van der Waals surface area contributed by atoms with Gasteiger partial charge in [-0.05, 0) is 17.7 Å². The van der Waals surface area contributed by atoms with Crippen LogP contribution in [-0.2, 0) is 0 Å². The van der Waals surface area contributed by atoms with Gasteiger partial charge in [-0.2, -0.15) is 0 Å². The molecular formula is C9H8Cl3F. The van der Waals surface area contributed by atoms with E-state index >= 15 is 0 Å². The molecule has 0 aliphatic heterocycles. The smallest absolute Gasteiger partial charge is 0.0960 e. The van der Waals surface area contributed by atoms with Crippen molar-refractivity contribution in [2.24, 2.45) is 0 Å². The molecule has 1 aromatic carbocycles. The number of hydrogen-bond acceptors (Lipinski definition) is 0. The predicted octanol–water partition coefficient (Wildman–Crippen LogP) is 4.72. The van der Waals surface area contributed by atoms with Crippen LogP contribution in [0.4, 0.5) is 4.39 Å². The molecule has 1 unspecified atom stereocenters. The number of halogens is 4. The van der Waals surface area contributed by atoms with Gasteiger partial charge in [-0.1, -0.05) is 41.7 Å². The third-order valence-corrected chi connectivity index (χ3v) is 2.85. The molecule has 0 heterocycles. The SMILES string of the molecule is CC(CF)c1cc(Cl)c(Cl)cc1Cl. The van der Waals surface area contributed by atoms with Gasteiger partial charge in [0.15, 0.2) is 0 Å². The maximum absolute atomic E-state index is 12.3. The second-order valence-electron chi connectivity index (χ2n) is 2.84. The Bertz CT molecular complexity index is 312. The molecule has 0 aliphatic carbocycles. The van der Waals surface area contributed by atoms with E-state index in [1.165, 1.54) is 6.07 Å². The van der Waals surface area contributed by atoms with Gasteiger partial charge < -0.3 is 0 Å². The van der Waals surface area contributed by atoms with Crippen molar-refractivity contribution >= 4 is 34.8 Å². The summed E-state index contributed by atoms with van der Waals surface area (Å²) in [6.07, 6.45) is 0. The first-order valence-corrected chi connectivity index (χ1v) is 4.90. The maximum atomic E-state index is 12.3. The Hall–Kier alpha value is 0.0200. The third-order valence-electron chi connectivity index (χ3n) is 1.80. The molecular weight excluding hydrogens is 233 g/mol. The normalized spacial score (nSPS) is 13.0. The average Bonchev–Trinajstić information content (AvgIpc) is 2.10. The van der Waals surface area contributed by atoms with Gasteiger partial charge in [-0.3, -0.25) is 4.39 Å². The lowest BCUT2D eigenvalue weighted by Gasteiger charge is -2.10. The Kier molecular flexibility index (Phi) is 3.84. The fraction of sp³-hybridized carbons (Fsp3) is 0.333. The van der Waals surface area contributed by atoms with E-state index < -0.39 is 6.67 Å². The van der Waals surface area contributed by atoms with Crippen LogP contribution in [0.2, 0.25) is 15.1 Å². The van der Waals surface area contributed by atoms with Gasteiger partial charge in [-0.15, -0.1) is 0 Å². The zero-order chi connectivity index (χ0) is 10.0. The van der Waals surface area contributed by atoms with E-state index in [-0.39, 0.29) is 5.92 Å². The van der Waals surface area contributed by atoms with Crippen molar-refractivity contribution in [3.8, 4) is 0 Å². The molecule has 0 fully saturated rings. The summed E-state index contributed by atoms with van der Waals surface area (Å²) in [4.78, 5) is 0. The lowest BCUT2D eigenvalue weighted by molar-refractivity contribution is 0.447. The van der Waals surface area contributed by atoms with Crippen molar-refractivity contribution in [2.45, 2.75) is 12.8 Å². The molecule has 0 bridgehead atoms. The van der Waals surface area contributed by atoms with Crippen molar-refractivity contribution in [1.82, 2.24) is 0 Å². The Balaban J connectivity index is 3.15. The van der Waals surface area contributed by atoms with Crippen molar-refractivity contribution in [2.75, 3.05) is 6.67 Å². The highest BCUT2D eigenvalue weighted by molar-refractivity contribution is 6.43. The van der Waals surface area contributed by atoms with E-state index in [0.717, 1.165) is 0 Å². The topological polar surface area (TPSA) is 0 Å². The quantitative estimate of drug-likeness (QED) is 0.657. The predicted molar refractivity (Wildman–Crippen MR) is 55.9 cm³/mol. The van der Waals surface area contributed by atoms with Crippen LogP contribution >= 0.6 is 34.8 Å². The van der Waals surface area contributed by atoms with Gasteiger partial charge in [-0.25, -0.2) is 0 Å². The number of hydrogen-bond donors (Lipinski definition) is 0. The lowest BCUT2D eigenvalue weighted by atomic mass is 10.0. The molecule has 4 heteroatoms. The van der Waals surface area contributed by atoms with E-state index in [2.05, 4.69) is 0 Å². The molecule has 13 heavy (non-hydrogen) atoms. The fourth-order valence-electron chi connectivity index (χ4n) is 0.999. The van der Waals surface area contributed by atoms with Crippen molar-refractivity contribution in [3.63, 3.8) is 0 Å². The second-order valence-corrected chi connectivity index (χ2v) is 4.06. The summed E-state index contributed by atoms with van der Waals surface area (Å²) in [5, 5.41) is 1.25. The molecule has 0 spiro atoms. The number of alkyl halides is 1. The minimum atomic E-state index is -0.461. The first-order valence-electron chi connectivity index (χ1n) is 3.76. The zero-order valence-corrected chi connectivity index (χ0v) is 9.22. The maximum Gasteiger partial charge on any atom is 0.0960 e. The van der Waals surface area contributed by atoms with Gasteiger partial charge in [0.2, 0.25) is 0 Å². The summed E-state index contributed by atoms with van der Waals surface area (Å²) in [5.41, 5.74) is 0.693. The van der Waals surface area contributed by atoms with Crippen LogP contribution in [0.5, 0.6) is 0 Å². The van der Waals surface area contributed by atoms with E-state index in [9.17, 15) is 4.39 Å². The molecule has 72 valence electrons. The highest BCUT2D eigenvalue weighted by Crippen LogP contribution is 2.32. The molecule has 0 aromatic heterocycles. The molecule has 0 aliphatic rings. The minimum Gasteiger partial charge on any atom is -0.250 e. The summed E-state index contributed by atoms with van der Waals surface area (Å²) in [6.45, 7) is 1.28. The summed E-state index contributed by atoms with van der Waals surface area (Å²) < 4.78 is 12.3. The fourth-order valence-corrected chi connectivity index (χ4v) is 1.74. The third kappa shape index (κ3) is 2.49. The van der Waals surface area contributed by atoms with Crippen LogP contribution in [0.15, 0.2) is 12.1 Å². The standard InChI is InChI=1S/C9H8Cl3F/c1-5(4-13)6-2-8(11)9(12)3-7(6)10/h2-3,5H,4H2,1H3. The Labute approximate surface area is 91.6 Å². The van der Waals surface area contributed by atoms with Gasteiger partial charge in [0, 0.05) is 10.9 Å². The first-order chi connectivity index (χ1) is 6.06. The molecule has 0 saturated heterocycles. The Morgan fingerprint density at radius 1 is 1.15 bits per heavy atom. The van der Waals surface area contributed by atoms with Gasteiger partial charge in [0.1, 0.15) is 0 Å². The van der Waals surface area contributed by atoms with Crippen LogP contribution < -0.4 is 0 Å². The lowest BCUT2D eigenvalue weighted by Crippen LogP contribution is -1.96. The monoisotopic (exact) mass is 240 g/mol. The van der Waals surface area contributed by atoms with E-state index in [1.54, 1.807) is 13.0 Å². The minimum absolute atomic E-state index is 0.248. The highest BCUT2D eigenvalue weighted by atomic mass is 35.5. The van der Waals surface area contributed by atoms with Crippen molar-refractivity contribution in [1.29, 1.82) is 0 Å². The van der Waals surface area contributed by atoms with Crippen LogP contribution in [0, 0.1) is 0 Å². The van der Waals surface area contributed by atoms with Gasteiger partial charge >= 0.3 is 0 Å². The molecule has 0 N–H and O–H groups in total. The molecule has 0 saturated carbocycles. The van der Waals surface area contributed by atoms with E-state index in [0.29, 0.717) is 20.6 Å². The van der Waals surface area contributed by atoms with Gasteiger partial charge in [0.25, 0.3) is 0 Å². The molecule has 1 rings (SSSR count).